The van der Waals surface area contributed by atoms with E-state index in [1.165, 1.54) is 0 Å². The summed E-state index contributed by atoms with van der Waals surface area (Å²) in [5.74, 6) is 0.380. The van der Waals surface area contributed by atoms with E-state index in [1.807, 2.05) is 18.2 Å². The van der Waals surface area contributed by atoms with Crippen molar-refractivity contribution in [3.05, 3.63) is 46.1 Å². The molecule has 0 aliphatic carbocycles. The van der Waals surface area contributed by atoms with Crippen molar-refractivity contribution in [3.8, 4) is 11.3 Å². The predicted molar refractivity (Wildman–Crippen MR) is 61.0 cm³/mol. The quantitative estimate of drug-likeness (QED) is 0.751. The second-order valence-electron chi connectivity index (χ2n) is 3.51. The van der Waals surface area contributed by atoms with E-state index < -0.39 is 0 Å². The van der Waals surface area contributed by atoms with Crippen molar-refractivity contribution in [3.63, 3.8) is 0 Å². The second kappa shape index (κ2) is 3.49. The van der Waals surface area contributed by atoms with Crippen LogP contribution in [0.3, 0.4) is 0 Å². The maximum atomic E-state index is 11.6. The molecule has 0 saturated carbocycles. The van der Waals surface area contributed by atoms with Crippen LogP contribution in [0.15, 0.2) is 39.4 Å². The number of furan rings is 1. The van der Waals surface area contributed by atoms with E-state index in [-0.39, 0.29) is 5.97 Å². The molecule has 1 aromatic heterocycles. The zero-order valence-electron chi connectivity index (χ0n) is 8.20. The Morgan fingerprint density at radius 3 is 2.81 bits per heavy atom. The van der Waals surface area contributed by atoms with Crippen LogP contribution in [-0.4, -0.2) is 5.97 Å². The van der Waals surface area contributed by atoms with Gasteiger partial charge in [0.1, 0.15) is 12.4 Å². The topological polar surface area (TPSA) is 39.4 Å². The monoisotopic (exact) mass is 278 g/mol. The number of hydrogen-bond acceptors (Lipinski definition) is 3. The third kappa shape index (κ3) is 1.30. The number of halogens is 1. The molecule has 0 fully saturated rings. The van der Waals surface area contributed by atoms with Gasteiger partial charge in [-0.05, 0) is 18.2 Å². The van der Waals surface area contributed by atoms with Crippen molar-refractivity contribution in [1.29, 1.82) is 0 Å². The zero-order valence-corrected chi connectivity index (χ0v) is 9.78. The van der Waals surface area contributed by atoms with Gasteiger partial charge in [-0.15, -0.1) is 0 Å². The van der Waals surface area contributed by atoms with Crippen LogP contribution in [0.2, 0.25) is 0 Å². The molecule has 0 radical (unpaired) electrons. The molecule has 0 N–H and O–H groups in total. The lowest BCUT2D eigenvalue weighted by Gasteiger charge is -2.05. The molecule has 16 heavy (non-hydrogen) atoms. The summed E-state index contributed by atoms with van der Waals surface area (Å²) in [6, 6.07) is 7.41. The van der Waals surface area contributed by atoms with E-state index in [4.69, 9.17) is 9.15 Å². The first-order valence-corrected chi connectivity index (χ1v) is 5.59. The fraction of sp³-hybridized carbons (Fsp3) is 0.0833. The van der Waals surface area contributed by atoms with E-state index in [9.17, 15) is 4.79 Å². The number of carbonyl (C=O) groups is 1. The third-order valence-corrected chi connectivity index (χ3v) is 3.23. The maximum absolute atomic E-state index is 11.6. The Balaban J connectivity index is 2.32. The lowest BCUT2D eigenvalue weighted by molar-refractivity contribution is 0.0535. The molecule has 2 heterocycles. The predicted octanol–water partition coefficient (Wildman–Crippen LogP) is 3.38. The first kappa shape index (κ1) is 9.66. The van der Waals surface area contributed by atoms with Crippen LogP contribution in [0.5, 0.6) is 0 Å². The largest absolute Gasteiger partial charge is 0.464 e. The van der Waals surface area contributed by atoms with E-state index >= 15 is 0 Å². The summed E-state index contributed by atoms with van der Waals surface area (Å²) in [4.78, 5) is 11.6. The van der Waals surface area contributed by atoms with Gasteiger partial charge in [0, 0.05) is 15.6 Å². The highest BCUT2D eigenvalue weighted by atomic mass is 79.9. The van der Waals surface area contributed by atoms with Gasteiger partial charge in [0.2, 0.25) is 0 Å². The molecular weight excluding hydrogens is 272 g/mol. The molecule has 0 saturated heterocycles. The van der Waals surface area contributed by atoms with Crippen LogP contribution in [0, 0.1) is 0 Å². The molecule has 3 nitrogen and oxygen atoms in total. The van der Waals surface area contributed by atoms with Gasteiger partial charge in [-0.1, -0.05) is 22.0 Å². The Hall–Kier alpha value is -1.55. The standard InChI is InChI=1S/C12H7BrO3/c13-8-4-3-7-6-16-12(14)10(7)11(8)9-2-1-5-15-9/h1-5H,6H2. The Labute approximate surface area is 100 Å². The number of benzene rings is 1. The molecule has 1 aromatic carbocycles. The van der Waals surface area contributed by atoms with Crippen LogP contribution in [0.4, 0.5) is 0 Å². The van der Waals surface area contributed by atoms with E-state index in [0.717, 1.165) is 15.6 Å². The highest BCUT2D eigenvalue weighted by Crippen LogP contribution is 2.37. The second-order valence-corrected chi connectivity index (χ2v) is 4.36. The highest BCUT2D eigenvalue weighted by Gasteiger charge is 2.27. The molecular formula is C12H7BrO3. The lowest BCUT2D eigenvalue weighted by Crippen LogP contribution is -1.97. The summed E-state index contributed by atoms with van der Waals surface area (Å²) in [5.41, 5.74) is 2.27. The summed E-state index contributed by atoms with van der Waals surface area (Å²) >= 11 is 3.43. The maximum Gasteiger partial charge on any atom is 0.339 e. The summed E-state index contributed by atoms with van der Waals surface area (Å²) < 4.78 is 11.2. The van der Waals surface area contributed by atoms with Gasteiger partial charge in [-0.2, -0.15) is 0 Å². The molecule has 4 heteroatoms. The molecule has 1 aliphatic rings. The SMILES string of the molecule is O=C1OCc2ccc(Br)c(-c3ccco3)c21. The lowest BCUT2D eigenvalue weighted by atomic mass is 10.0. The summed E-state index contributed by atoms with van der Waals surface area (Å²) in [6.07, 6.45) is 1.58. The number of esters is 1. The molecule has 0 bridgehead atoms. The molecule has 0 atom stereocenters. The normalized spacial score (nSPS) is 13.7. The van der Waals surface area contributed by atoms with Crippen molar-refractivity contribution in [2.45, 2.75) is 6.61 Å². The Bertz CT molecular complexity index is 558. The van der Waals surface area contributed by atoms with Crippen molar-refractivity contribution >= 4 is 21.9 Å². The first-order chi connectivity index (χ1) is 7.77. The number of rotatable bonds is 1. The molecule has 1 aliphatic heterocycles. The van der Waals surface area contributed by atoms with Gasteiger partial charge in [-0.3, -0.25) is 0 Å². The fourth-order valence-corrected chi connectivity index (χ4v) is 2.38. The van der Waals surface area contributed by atoms with Crippen LogP contribution in [0.25, 0.3) is 11.3 Å². The van der Waals surface area contributed by atoms with Crippen molar-refractivity contribution in [2.24, 2.45) is 0 Å². The highest BCUT2D eigenvalue weighted by molar-refractivity contribution is 9.10. The fourth-order valence-electron chi connectivity index (χ4n) is 1.85. The Morgan fingerprint density at radius 2 is 2.06 bits per heavy atom. The average molecular weight is 279 g/mol. The van der Waals surface area contributed by atoms with Gasteiger partial charge >= 0.3 is 5.97 Å². The summed E-state index contributed by atoms with van der Waals surface area (Å²) in [7, 11) is 0. The molecule has 0 spiro atoms. The van der Waals surface area contributed by atoms with Gasteiger partial charge in [-0.25, -0.2) is 4.79 Å². The van der Waals surface area contributed by atoms with Crippen LogP contribution >= 0.6 is 15.9 Å². The molecule has 2 aromatic rings. The minimum absolute atomic E-state index is 0.289. The van der Waals surface area contributed by atoms with Crippen LogP contribution < -0.4 is 0 Å². The summed E-state index contributed by atoms with van der Waals surface area (Å²) in [5, 5.41) is 0. The molecule has 0 amide bonds. The smallest absolute Gasteiger partial charge is 0.339 e. The van der Waals surface area contributed by atoms with Gasteiger partial charge in [0.15, 0.2) is 0 Å². The molecule has 0 unspecified atom stereocenters. The number of cyclic esters (lactones) is 1. The number of fused-ring (bicyclic) bond motifs is 1. The van der Waals surface area contributed by atoms with Crippen molar-refractivity contribution in [2.75, 3.05) is 0 Å². The van der Waals surface area contributed by atoms with Crippen molar-refractivity contribution < 1.29 is 13.9 Å². The first-order valence-electron chi connectivity index (χ1n) is 4.80. The van der Waals surface area contributed by atoms with Crippen molar-refractivity contribution in [1.82, 2.24) is 0 Å². The van der Waals surface area contributed by atoms with Crippen LogP contribution in [0.1, 0.15) is 15.9 Å². The number of carbonyl (C=O) groups excluding carboxylic acids is 1. The Morgan fingerprint density at radius 1 is 1.19 bits per heavy atom. The summed E-state index contributed by atoms with van der Waals surface area (Å²) in [6.45, 7) is 0.342. The van der Waals surface area contributed by atoms with E-state index in [2.05, 4.69) is 15.9 Å². The number of hydrogen-bond donors (Lipinski definition) is 0. The van der Waals surface area contributed by atoms with Crippen LogP contribution in [-0.2, 0) is 11.3 Å². The molecule has 80 valence electrons. The van der Waals surface area contributed by atoms with Gasteiger partial charge in [0.25, 0.3) is 0 Å². The van der Waals surface area contributed by atoms with E-state index in [0.29, 0.717) is 17.9 Å². The molecule has 3 rings (SSSR count). The third-order valence-electron chi connectivity index (χ3n) is 2.57. The van der Waals surface area contributed by atoms with Gasteiger partial charge < -0.3 is 9.15 Å². The average Bonchev–Trinajstić information content (AvgIpc) is 2.89. The zero-order chi connectivity index (χ0) is 11.1. The van der Waals surface area contributed by atoms with E-state index in [1.54, 1.807) is 12.3 Å². The Kier molecular flexibility index (Phi) is 2.11. The number of ether oxygens (including phenoxy) is 1. The van der Waals surface area contributed by atoms with Gasteiger partial charge in [0.05, 0.1) is 11.8 Å². The minimum Gasteiger partial charge on any atom is -0.464 e. The minimum atomic E-state index is -0.289.